The van der Waals surface area contributed by atoms with Crippen LogP contribution in [0, 0.1) is 0 Å². The van der Waals surface area contributed by atoms with E-state index in [9.17, 15) is 4.79 Å². The van der Waals surface area contributed by atoms with E-state index in [4.69, 9.17) is 9.31 Å². The Hall–Kier alpha value is -1.33. The van der Waals surface area contributed by atoms with E-state index in [0.29, 0.717) is 0 Å². The van der Waals surface area contributed by atoms with Crippen molar-refractivity contribution >= 4 is 18.5 Å². The van der Waals surface area contributed by atoms with Crippen LogP contribution in [0.25, 0.3) is 0 Å². The van der Waals surface area contributed by atoms with Crippen LogP contribution in [0.5, 0.6) is 0 Å². The molecule has 0 aromatic heterocycles. The molecule has 0 unspecified atom stereocenters. The standard InChI is InChI=1S/C17H22BNO3/c1-15(2)16(3,4)22-18(21-15)11-5-6-12-13(9-11)17(7-8-17)10-19-14(12)20/h5-6,9H,7-8,10H2,1-4H3,(H,19,20). The van der Waals surface area contributed by atoms with E-state index < -0.39 is 0 Å². The zero-order chi connectivity index (χ0) is 15.8. The highest BCUT2D eigenvalue weighted by atomic mass is 16.7. The van der Waals surface area contributed by atoms with Gasteiger partial charge < -0.3 is 14.6 Å². The summed E-state index contributed by atoms with van der Waals surface area (Å²) in [5.41, 5.74) is 2.46. The predicted molar refractivity (Wildman–Crippen MR) is 85.4 cm³/mol. The molecule has 1 aromatic rings. The number of nitrogens with one attached hydrogen (secondary N) is 1. The van der Waals surface area contributed by atoms with Crippen LogP contribution >= 0.6 is 0 Å². The molecule has 0 bridgehead atoms. The summed E-state index contributed by atoms with van der Waals surface area (Å²) >= 11 is 0. The largest absolute Gasteiger partial charge is 0.494 e. The van der Waals surface area contributed by atoms with Gasteiger partial charge in [-0.05, 0) is 57.6 Å². The molecule has 1 N–H and O–H groups in total. The maximum Gasteiger partial charge on any atom is 0.494 e. The molecule has 1 aromatic carbocycles. The average molecular weight is 299 g/mol. The molecule has 3 aliphatic rings. The van der Waals surface area contributed by atoms with Crippen LogP contribution in [0.3, 0.4) is 0 Å². The fraction of sp³-hybridized carbons (Fsp3) is 0.588. The minimum Gasteiger partial charge on any atom is -0.399 e. The lowest BCUT2D eigenvalue weighted by molar-refractivity contribution is 0.00578. The third-order valence-corrected chi connectivity index (χ3v) is 5.83. The zero-order valence-corrected chi connectivity index (χ0v) is 13.7. The van der Waals surface area contributed by atoms with Crippen LogP contribution in [-0.4, -0.2) is 30.8 Å². The van der Waals surface area contributed by atoms with Gasteiger partial charge in [-0.25, -0.2) is 0 Å². The van der Waals surface area contributed by atoms with Gasteiger partial charge in [0.15, 0.2) is 0 Å². The van der Waals surface area contributed by atoms with E-state index in [1.807, 2.05) is 12.1 Å². The molecule has 1 amide bonds. The van der Waals surface area contributed by atoms with Gasteiger partial charge in [0.2, 0.25) is 0 Å². The SMILES string of the molecule is CC1(C)OB(c2ccc3c(c2)C2(CC2)CNC3=O)OC1(C)C. The van der Waals surface area contributed by atoms with Gasteiger partial charge in [-0.15, -0.1) is 0 Å². The van der Waals surface area contributed by atoms with Crippen molar-refractivity contribution in [2.45, 2.75) is 57.2 Å². The van der Waals surface area contributed by atoms with Gasteiger partial charge in [0.25, 0.3) is 5.91 Å². The van der Waals surface area contributed by atoms with Gasteiger partial charge in [0, 0.05) is 17.5 Å². The first-order chi connectivity index (χ1) is 10.2. The van der Waals surface area contributed by atoms with E-state index >= 15 is 0 Å². The van der Waals surface area contributed by atoms with E-state index in [2.05, 4.69) is 39.1 Å². The second kappa shape index (κ2) is 4.15. The van der Waals surface area contributed by atoms with Crippen molar-refractivity contribution in [1.29, 1.82) is 0 Å². The molecule has 116 valence electrons. The van der Waals surface area contributed by atoms with Gasteiger partial charge in [0.05, 0.1) is 11.2 Å². The summed E-state index contributed by atoms with van der Waals surface area (Å²) in [4.78, 5) is 12.1. The molecule has 22 heavy (non-hydrogen) atoms. The maximum absolute atomic E-state index is 12.1. The first-order valence-corrected chi connectivity index (χ1v) is 8.02. The topological polar surface area (TPSA) is 47.6 Å². The number of rotatable bonds is 1. The van der Waals surface area contributed by atoms with Crippen LogP contribution in [0.15, 0.2) is 18.2 Å². The molecular formula is C17H22BNO3. The maximum atomic E-state index is 12.1. The van der Waals surface area contributed by atoms with Crippen LogP contribution < -0.4 is 10.8 Å². The van der Waals surface area contributed by atoms with Gasteiger partial charge >= 0.3 is 7.12 Å². The summed E-state index contributed by atoms with van der Waals surface area (Å²) in [6, 6.07) is 6.01. The number of hydrogen-bond acceptors (Lipinski definition) is 3. The lowest BCUT2D eigenvalue weighted by atomic mass is 9.75. The van der Waals surface area contributed by atoms with Gasteiger partial charge in [-0.2, -0.15) is 0 Å². The Morgan fingerprint density at radius 1 is 1.09 bits per heavy atom. The fourth-order valence-corrected chi connectivity index (χ4v) is 3.36. The Balaban J connectivity index is 1.72. The Bertz CT molecular complexity index is 648. The normalized spacial score (nSPS) is 26.7. The molecule has 0 atom stereocenters. The van der Waals surface area contributed by atoms with Crippen LogP contribution in [0.2, 0.25) is 0 Å². The highest BCUT2D eigenvalue weighted by Gasteiger charge is 2.53. The summed E-state index contributed by atoms with van der Waals surface area (Å²) < 4.78 is 12.3. The van der Waals surface area contributed by atoms with Crippen molar-refractivity contribution in [1.82, 2.24) is 5.32 Å². The predicted octanol–water partition coefficient (Wildman–Crippen LogP) is 1.76. The number of benzene rings is 1. The van der Waals surface area contributed by atoms with Crippen molar-refractivity contribution in [2.75, 3.05) is 6.54 Å². The minimum atomic E-state index is -0.365. The third-order valence-electron chi connectivity index (χ3n) is 5.83. The van der Waals surface area contributed by atoms with Crippen LogP contribution in [0.4, 0.5) is 0 Å². The molecule has 1 saturated heterocycles. The Labute approximate surface area is 131 Å². The summed E-state index contributed by atoms with van der Waals surface area (Å²) in [7, 11) is -0.365. The van der Waals surface area contributed by atoms with Crippen molar-refractivity contribution in [2.24, 2.45) is 0 Å². The number of carbonyl (C=O) groups excluding carboxylic acids is 1. The van der Waals surface area contributed by atoms with Crippen LogP contribution in [0.1, 0.15) is 56.5 Å². The van der Waals surface area contributed by atoms with Crippen molar-refractivity contribution in [3.8, 4) is 0 Å². The summed E-state index contributed by atoms with van der Waals surface area (Å²) in [5, 5.41) is 3.00. The lowest BCUT2D eigenvalue weighted by Gasteiger charge is -2.32. The first kappa shape index (κ1) is 14.3. The van der Waals surface area contributed by atoms with E-state index in [1.165, 1.54) is 5.56 Å². The van der Waals surface area contributed by atoms with Crippen molar-refractivity contribution in [3.63, 3.8) is 0 Å². The smallest absolute Gasteiger partial charge is 0.399 e. The molecule has 1 aliphatic carbocycles. The monoisotopic (exact) mass is 299 g/mol. The highest BCUT2D eigenvalue weighted by molar-refractivity contribution is 6.62. The van der Waals surface area contributed by atoms with Gasteiger partial charge in [0.1, 0.15) is 0 Å². The number of fused-ring (bicyclic) bond motifs is 2. The number of hydrogen-bond donors (Lipinski definition) is 1. The average Bonchev–Trinajstić information content (AvgIpc) is 3.18. The molecule has 0 radical (unpaired) electrons. The van der Waals surface area contributed by atoms with Crippen molar-refractivity contribution < 1.29 is 14.1 Å². The molecule has 1 spiro atoms. The molecule has 1 saturated carbocycles. The summed E-state index contributed by atoms with van der Waals surface area (Å²) in [6.07, 6.45) is 2.29. The lowest BCUT2D eigenvalue weighted by Crippen LogP contribution is -2.42. The second-order valence-electron chi connectivity index (χ2n) is 7.86. The molecule has 5 heteroatoms. The van der Waals surface area contributed by atoms with Gasteiger partial charge in [-0.3, -0.25) is 4.79 Å². The van der Waals surface area contributed by atoms with Crippen LogP contribution in [-0.2, 0) is 14.7 Å². The molecule has 4 nitrogen and oxygen atoms in total. The Morgan fingerprint density at radius 3 is 2.32 bits per heavy atom. The molecule has 2 heterocycles. The number of carbonyl (C=O) groups is 1. The molecule has 4 rings (SSSR count). The Morgan fingerprint density at radius 2 is 1.73 bits per heavy atom. The third kappa shape index (κ3) is 1.88. The minimum absolute atomic E-state index is 0.0352. The zero-order valence-electron chi connectivity index (χ0n) is 13.7. The van der Waals surface area contributed by atoms with E-state index in [1.54, 1.807) is 0 Å². The highest BCUT2D eigenvalue weighted by Crippen LogP contribution is 2.50. The number of amides is 1. The van der Waals surface area contributed by atoms with E-state index in [0.717, 1.165) is 30.4 Å². The van der Waals surface area contributed by atoms with E-state index in [-0.39, 0.29) is 29.6 Å². The quantitative estimate of drug-likeness (QED) is 0.804. The fourth-order valence-electron chi connectivity index (χ4n) is 3.36. The summed E-state index contributed by atoms with van der Waals surface area (Å²) in [5.74, 6) is 0.0352. The molecular weight excluding hydrogens is 277 g/mol. The summed E-state index contributed by atoms with van der Waals surface area (Å²) in [6.45, 7) is 8.98. The van der Waals surface area contributed by atoms with Gasteiger partial charge in [-0.1, -0.05) is 12.1 Å². The second-order valence-corrected chi connectivity index (χ2v) is 7.86. The Kier molecular flexibility index (Phi) is 2.69. The molecule has 2 fully saturated rings. The van der Waals surface area contributed by atoms with Crippen molar-refractivity contribution in [3.05, 3.63) is 29.3 Å². The molecule has 2 aliphatic heterocycles. The first-order valence-electron chi connectivity index (χ1n) is 8.02.